The van der Waals surface area contributed by atoms with E-state index in [0.29, 0.717) is 0 Å². The van der Waals surface area contributed by atoms with Gasteiger partial charge in [-0.3, -0.25) is 4.98 Å². The molecule has 0 saturated heterocycles. The third-order valence-electron chi connectivity index (χ3n) is 4.11. The topological polar surface area (TPSA) is 30.7 Å². The first-order chi connectivity index (χ1) is 10.6. The number of aromatic nitrogens is 3. The molecule has 0 amide bonds. The molecule has 0 spiro atoms. The highest BCUT2D eigenvalue weighted by Crippen LogP contribution is 2.30. The maximum absolute atomic E-state index is 4.71. The Balaban J connectivity index is 2.06. The predicted octanol–water partition coefficient (Wildman–Crippen LogP) is 4.41. The highest BCUT2D eigenvalue weighted by molar-refractivity contribution is 5.95. The number of aryl methyl sites for hydroxylation is 3. The zero-order valence-corrected chi connectivity index (χ0v) is 13.0. The number of rotatable bonds is 1. The van der Waals surface area contributed by atoms with Crippen molar-refractivity contribution in [3.63, 3.8) is 0 Å². The van der Waals surface area contributed by atoms with E-state index in [0.717, 1.165) is 22.3 Å². The van der Waals surface area contributed by atoms with Crippen LogP contribution in [0.4, 0.5) is 0 Å². The van der Waals surface area contributed by atoms with Crippen LogP contribution in [-0.4, -0.2) is 14.5 Å². The summed E-state index contributed by atoms with van der Waals surface area (Å²) in [4.78, 5) is 9.24. The van der Waals surface area contributed by atoms with Gasteiger partial charge in [0.15, 0.2) is 0 Å². The summed E-state index contributed by atoms with van der Waals surface area (Å²) in [6, 6.07) is 13.0. The third kappa shape index (κ3) is 1.98. The molecule has 2 heterocycles. The second-order valence-electron chi connectivity index (χ2n) is 5.89. The van der Waals surface area contributed by atoms with Crippen LogP contribution in [0.2, 0.25) is 0 Å². The molecule has 0 aliphatic carbocycles. The van der Waals surface area contributed by atoms with Crippen LogP contribution in [0.15, 0.2) is 48.8 Å². The van der Waals surface area contributed by atoms with Gasteiger partial charge in [-0.15, -0.1) is 0 Å². The molecule has 4 rings (SSSR count). The number of benzene rings is 2. The van der Waals surface area contributed by atoms with Crippen molar-refractivity contribution in [3.05, 3.63) is 60.0 Å². The highest BCUT2D eigenvalue weighted by Gasteiger charge is 2.09. The van der Waals surface area contributed by atoms with Crippen LogP contribution in [0.3, 0.4) is 0 Å². The zero-order valence-electron chi connectivity index (χ0n) is 13.0. The minimum absolute atomic E-state index is 0.942. The molecule has 0 saturated carbocycles. The fourth-order valence-corrected chi connectivity index (χ4v) is 2.99. The Morgan fingerprint density at radius 1 is 1.00 bits per heavy atom. The van der Waals surface area contributed by atoms with Crippen molar-refractivity contribution in [1.82, 2.24) is 14.5 Å². The Labute approximate surface area is 129 Å². The first-order valence-corrected chi connectivity index (χ1v) is 7.41. The van der Waals surface area contributed by atoms with Crippen LogP contribution in [-0.2, 0) is 7.05 Å². The number of nitrogens with zero attached hydrogens (tertiary/aromatic N) is 3. The third-order valence-corrected chi connectivity index (χ3v) is 4.11. The van der Waals surface area contributed by atoms with E-state index in [1.165, 1.54) is 22.0 Å². The minimum Gasteiger partial charge on any atom is -0.351 e. The maximum Gasteiger partial charge on any atom is 0.0968 e. The molecule has 4 aromatic rings. The van der Waals surface area contributed by atoms with Gasteiger partial charge in [-0.2, -0.15) is 0 Å². The SMILES string of the molecule is Cc1cc(-c2ccc3ccn(C)c3c2)c2nc(C)cnc2c1. The molecule has 0 N–H and O–H groups in total. The van der Waals surface area contributed by atoms with Gasteiger partial charge in [-0.1, -0.05) is 12.1 Å². The molecule has 2 aromatic heterocycles. The lowest BCUT2D eigenvalue weighted by atomic mass is 10.00. The summed E-state index contributed by atoms with van der Waals surface area (Å²) >= 11 is 0. The van der Waals surface area contributed by atoms with Gasteiger partial charge in [0, 0.05) is 30.5 Å². The normalized spacial score (nSPS) is 11.4. The van der Waals surface area contributed by atoms with Crippen molar-refractivity contribution < 1.29 is 0 Å². The lowest BCUT2D eigenvalue weighted by Crippen LogP contribution is -1.92. The molecular formula is C19H17N3. The number of fused-ring (bicyclic) bond motifs is 2. The van der Waals surface area contributed by atoms with Gasteiger partial charge in [-0.25, -0.2) is 4.98 Å². The van der Waals surface area contributed by atoms with Crippen molar-refractivity contribution in [1.29, 1.82) is 0 Å². The standard InChI is InChI=1S/C19H17N3/c1-12-8-16(19-17(9-12)20-11-13(2)21-19)15-5-4-14-6-7-22(3)18(14)10-15/h4-11H,1-3H3. The Morgan fingerprint density at radius 2 is 1.86 bits per heavy atom. The Bertz CT molecular complexity index is 1010. The second-order valence-corrected chi connectivity index (χ2v) is 5.89. The van der Waals surface area contributed by atoms with E-state index in [9.17, 15) is 0 Å². The summed E-state index contributed by atoms with van der Waals surface area (Å²) in [5, 5.41) is 1.26. The van der Waals surface area contributed by atoms with Gasteiger partial charge in [-0.05, 0) is 54.6 Å². The van der Waals surface area contributed by atoms with E-state index < -0.39 is 0 Å². The molecule has 0 unspecified atom stereocenters. The first-order valence-electron chi connectivity index (χ1n) is 7.41. The molecular weight excluding hydrogens is 270 g/mol. The summed E-state index contributed by atoms with van der Waals surface area (Å²) in [7, 11) is 2.07. The zero-order chi connectivity index (χ0) is 15.3. The largest absolute Gasteiger partial charge is 0.351 e. The van der Waals surface area contributed by atoms with Crippen molar-refractivity contribution in [2.75, 3.05) is 0 Å². The average Bonchev–Trinajstić information content (AvgIpc) is 2.88. The molecule has 22 heavy (non-hydrogen) atoms. The van der Waals surface area contributed by atoms with Crippen molar-refractivity contribution in [2.45, 2.75) is 13.8 Å². The molecule has 0 aliphatic heterocycles. The molecule has 0 radical (unpaired) electrons. The Morgan fingerprint density at radius 3 is 2.73 bits per heavy atom. The van der Waals surface area contributed by atoms with Gasteiger partial charge in [0.1, 0.15) is 0 Å². The number of hydrogen-bond acceptors (Lipinski definition) is 2. The van der Waals surface area contributed by atoms with E-state index >= 15 is 0 Å². The van der Waals surface area contributed by atoms with Crippen LogP contribution in [0.1, 0.15) is 11.3 Å². The Hall–Kier alpha value is -2.68. The number of hydrogen-bond donors (Lipinski definition) is 0. The van der Waals surface area contributed by atoms with Crippen LogP contribution < -0.4 is 0 Å². The van der Waals surface area contributed by atoms with Gasteiger partial charge in [0.2, 0.25) is 0 Å². The van der Waals surface area contributed by atoms with E-state index in [-0.39, 0.29) is 0 Å². The lowest BCUT2D eigenvalue weighted by Gasteiger charge is -2.09. The van der Waals surface area contributed by atoms with E-state index in [1.54, 1.807) is 0 Å². The van der Waals surface area contributed by atoms with E-state index in [1.807, 2.05) is 13.1 Å². The second kappa shape index (κ2) is 4.67. The molecule has 0 fully saturated rings. The monoisotopic (exact) mass is 287 g/mol. The molecule has 0 bridgehead atoms. The van der Waals surface area contributed by atoms with Gasteiger partial charge in [0.25, 0.3) is 0 Å². The lowest BCUT2D eigenvalue weighted by molar-refractivity contribution is 0.969. The Kier molecular flexibility index (Phi) is 2.76. The van der Waals surface area contributed by atoms with Gasteiger partial charge in [0.05, 0.1) is 16.7 Å². The molecule has 3 nitrogen and oxygen atoms in total. The van der Waals surface area contributed by atoms with Crippen LogP contribution in [0, 0.1) is 13.8 Å². The van der Waals surface area contributed by atoms with Crippen LogP contribution in [0.25, 0.3) is 33.1 Å². The van der Waals surface area contributed by atoms with Gasteiger partial charge >= 0.3 is 0 Å². The van der Waals surface area contributed by atoms with E-state index in [2.05, 4.69) is 66.1 Å². The quantitative estimate of drug-likeness (QED) is 0.519. The first kappa shape index (κ1) is 13.0. The molecule has 3 heteroatoms. The summed E-state index contributed by atoms with van der Waals surface area (Å²) in [6.07, 6.45) is 3.92. The maximum atomic E-state index is 4.71. The summed E-state index contributed by atoms with van der Waals surface area (Å²) in [5.74, 6) is 0. The molecule has 0 atom stereocenters. The molecule has 2 aromatic carbocycles. The molecule has 0 aliphatic rings. The fourth-order valence-electron chi connectivity index (χ4n) is 2.99. The van der Waals surface area contributed by atoms with Crippen LogP contribution in [0.5, 0.6) is 0 Å². The predicted molar refractivity (Wildman–Crippen MR) is 90.9 cm³/mol. The highest BCUT2D eigenvalue weighted by atomic mass is 14.9. The van der Waals surface area contributed by atoms with Crippen molar-refractivity contribution in [3.8, 4) is 11.1 Å². The van der Waals surface area contributed by atoms with Crippen LogP contribution >= 0.6 is 0 Å². The smallest absolute Gasteiger partial charge is 0.0968 e. The summed E-state index contributed by atoms with van der Waals surface area (Å²) < 4.78 is 2.15. The van der Waals surface area contributed by atoms with Gasteiger partial charge < -0.3 is 4.57 Å². The molecule has 108 valence electrons. The van der Waals surface area contributed by atoms with Crippen molar-refractivity contribution >= 4 is 21.9 Å². The fraction of sp³-hybridized carbons (Fsp3) is 0.158. The van der Waals surface area contributed by atoms with E-state index in [4.69, 9.17) is 4.98 Å². The summed E-state index contributed by atoms with van der Waals surface area (Å²) in [5.41, 5.74) is 7.63. The average molecular weight is 287 g/mol. The summed E-state index contributed by atoms with van der Waals surface area (Å²) in [6.45, 7) is 4.09. The minimum atomic E-state index is 0.942. The van der Waals surface area contributed by atoms with Crippen molar-refractivity contribution in [2.24, 2.45) is 7.05 Å².